The van der Waals surface area contributed by atoms with E-state index < -0.39 is 6.04 Å². The summed E-state index contributed by atoms with van der Waals surface area (Å²) in [5.74, 6) is 2.17. The van der Waals surface area contributed by atoms with Crippen LogP contribution in [0.2, 0.25) is 5.02 Å². The van der Waals surface area contributed by atoms with Crippen LogP contribution in [0, 0.1) is 0 Å². The molecule has 2 N–H and O–H groups in total. The number of carbonyl (C=O) groups is 1. The van der Waals surface area contributed by atoms with E-state index in [2.05, 4.69) is 25.7 Å². The van der Waals surface area contributed by atoms with E-state index in [1.807, 2.05) is 54.6 Å². The molecule has 0 spiro atoms. The summed E-state index contributed by atoms with van der Waals surface area (Å²) >= 11 is 6.51. The lowest BCUT2D eigenvalue weighted by Crippen LogP contribution is -2.45. The van der Waals surface area contributed by atoms with Crippen molar-refractivity contribution in [3.8, 4) is 11.5 Å². The highest BCUT2D eigenvalue weighted by Gasteiger charge is 2.27. The highest BCUT2D eigenvalue weighted by Crippen LogP contribution is 2.36. The maximum atomic E-state index is 13.0. The molecule has 3 heterocycles. The van der Waals surface area contributed by atoms with Crippen LogP contribution in [0.25, 0.3) is 0 Å². The number of amides is 2. The normalized spacial score (nSPS) is 18.0. The van der Waals surface area contributed by atoms with Gasteiger partial charge >= 0.3 is 6.03 Å². The molecule has 2 aliphatic rings. The number of nitrogens with one attached hydrogen (secondary N) is 2. The average molecular weight is 466 g/mol. The molecule has 8 nitrogen and oxygen atoms in total. The van der Waals surface area contributed by atoms with E-state index in [1.54, 1.807) is 6.20 Å². The molecule has 0 bridgehead atoms. The van der Waals surface area contributed by atoms with Gasteiger partial charge < -0.3 is 25.0 Å². The Hall–Kier alpha value is -3.52. The van der Waals surface area contributed by atoms with Crippen molar-refractivity contribution < 1.29 is 14.3 Å². The summed E-state index contributed by atoms with van der Waals surface area (Å²) in [6.45, 7) is 2.49. The lowest BCUT2D eigenvalue weighted by atomic mass is 9.98. The third kappa shape index (κ3) is 4.80. The van der Waals surface area contributed by atoms with Crippen molar-refractivity contribution in [3.63, 3.8) is 0 Å². The lowest BCUT2D eigenvalue weighted by Gasteiger charge is -2.25. The Bertz CT molecular complexity index is 1130. The third-order valence-corrected chi connectivity index (χ3v) is 6.14. The number of hydrogen-bond donors (Lipinski definition) is 2. The molecule has 1 fully saturated rings. The zero-order valence-corrected chi connectivity index (χ0v) is 18.7. The second kappa shape index (κ2) is 9.54. The molecule has 9 heteroatoms. The number of urea groups is 1. The van der Waals surface area contributed by atoms with Gasteiger partial charge in [-0.2, -0.15) is 5.10 Å². The van der Waals surface area contributed by atoms with E-state index in [0.717, 1.165) is 29.9 Å². The van der Waals surface area contributed by atoms with Gasteiger partial charge in [0.2, 0.25) is 0 Å². The Morgan fingerprint density at radius 1 is 1.09 bits per heavy atom. The first-order valence-electron chi connectivity index (χ1n) is 10.9. The van der Waals surface area contributed by atoms with E-state index in [9.17, 15) is 4.79 Å². The molecule has 2 aliphatic heterocycles. The molecule has 2 unspecified atom stereocenters. The van der Waals surface area contributed by atoms with Crippen molar-refractivity contribution in [3.05, 3.63) is 76.9 Å². The van der Waals surface area contributed by atoms with Crippen molar-refractivity contribution in [1.29, 1.82) is 0 Å². The first-order chi connectivity index (χ1) is 16.2. The number of aromatic nitrogens is 2. The van der Waals surface area contributed by atoms with E-state index >= 15 is 0 Å². The minimum absolute atomic E-state index is 0.000771. The van der Waals surface area contributed by atoms with Crippen molar-refractivity contribution >= 4 is 23.4 Å². The predicted octanol–water partition coefficient (Wildman–Crippen LogP) is 3.57. The summed E-state index contributed by atoms with van der Waals surface area (Å²) in [5.41, 5.74) is 1.66. The highest BCUT2D eigenvalue weighted by molar-refractivity contribution is 6.31. The first-order valence-corrected chi connectivity index (χ1v) is 11.3. The van der Waals surface area contributed by atoms with Gasteiger partial charge in [-0.3, -0.25) is 0 Å². The van der Waals surface area contributed by atoms with E-state index in [0.29, 0.717) is 36.3 Å². The molecule has 0 saturated carbocycles. The topological polar surface area (TPSA) is 88.6 Å². The highest BCUT2D eigenvalue weighted by atomic mass is 35.5. The Balaban J connectivity index is 1.32. The first kappa shape index (κ1) is 21.3. The largest absolute Gasteiger partial charge is 0.486 e. The fourth-order valence-electron chi connectivity index (χ4n) is 4.20. The second-order valence-electron chi connectivity index (χ2n) is 7.99. The number of carbonyl (C=O) groups excluding carboxylic acids is 1. The maximum absolute atomic E-state index is 13.0. The van der Waals surface area contributed by atoms with Crippen LogP contribution in [-0.2, 0) is 0 Å². The molecule has 2 atom stereocenters. The Labute approximate surface area is 196 Å². The molecule has 3 aromatic rings. The smallest absolute Gasteiger partial charge is 0.315 e. The van der Waals surface area contributed by atoms with Gasteiger partial charge in [0.1, 0.15) is 13.2 Å². The van der Waals surface area contributed by atoms with Crippen LogP contribution in [0.15, 0.2) is 60.8 Å². The van der Waals surface area contributed by atoms with Crippen LogP contribution in [0.1, 0.15) is 23.6 Å². The molecule has 0 radical (unpaired) electrons. The van der Waals surface area contributed by atoms with Crippen molar-refractivity contribution in [1.82, 2.24) is 20.8 Å². The zero-order chi connectivity index (χ0) is 22.6. The van der Waals surface area contributed by atoms with Gasteiger partial charge in [0.25, 0.3) is 0 Å². The summed E-state index contributed by atoms with van der Waals surface area (Å²) < 4.78 is 11.4. The summed E-state index contributed by atoms with van der Waals surface area (Å²) in [5, 5.41) is 14.9. The van der Waals surface area contributed by atoms with Gasteiger partial charge in [-0.1, -0.05) is 35.9 Å². The predicted molar refractivity (Wildman–Crippen MR) is 125 cm³/mol. The van der Waals surface area contributed by atoms with Crippen LogP contribution < -0.4 is 25.0 Å². The minimum atomic E-state index is -0.452. The maximum Gasteiger partial charge on any atom is 0.315 e. The fourth-order valence-corrected chi connectivity index (χ4v) is 4.44. The SMILES string of the molecule is O=C(NC1CCN(c2cccnn2)C1)NC(c1ccc2c(c1)OCCO2)c1ccccc1Cl. The van der Waals surface area contributed by atoms with E-state index in [-0.39, 0.29) is 12.1 Å². The minimum Gasteiger partial charge on any atom is -0.486 e. The molecule has 5 rings (SSSR count). The van der Waals surface area contributed by atoms with Gasteiger partial charge in [0.05, 0.1) is 6.04 Å². The van der Waals surface area contributed by atoms with Crippen LogP contribution in [0.5, 0.6) is 11.5 Å². The van der Waals surface area contributed by atoms with Gasteiger partial charge in [-0.25, -0.2) is 4.79 Å². The lowest BCUT2D eigenvalue weighted by molar-refractivity contribution is 0.171. The molecule has 2 aromatic carbocycles. The Morgan fingerprint density at radius 2 is 1.94 bits per heavy atom. The van der Waals surface area contributed by atoms with Gasteiger partial charge in [0, 0.05) is 30.4 Å². The van der Waals surface area contributed by atoms with Crippen LogP contribution in [0.3, 0.4) is 0 Å². The van der Waals surface area contributed by atoms with Crippen molar-refractivity contribution in [2.75, 3.05) is 31.2 Å². The van der Waals surface area contributed by atoms with Crippen molar-refractivity contribution in [2.45, 2.75) is 18.5 Å². The Kier molecular flexibility index (Phi) is 6.17. The fraction of sp³-hybridized carbons (Fsp3) is 0.292. The molecule has 2 amide bonds. The summed E-state index contributed by atoms with van der Waals surface area (Å²) in [6, 6.07) is 16.2. The number of anilines is 1. The van der Waals surface area contributed by atoms with E-state index in [4.69, 9.17) is 21.1 Å². The summed E-state index contributed by atoms with van der Waals surface area (Å²) in [7, 11) is 0. The quantitative estimate of drug-likeness (QED) is 0.599. The van der Waals surface area contributed by atoms with Gasteiger partial charge in [0.15, 0.2) is 17.3 Å². The van der Waals surface area contributed by atoms with Crippen LogP contribution in [0.4, 0.5) is 10.6 Å². The molecular weight excluding hydrogens is 442 g/mol. The number of ether oxygens (including phenoxy) is 2. The van der Waals surface area contributed by atoms with Crippen LogP contribution >= 0.6 is 11.6 Å². The van der Waals surface area contributed by atoms with E-state index in [1.165, 1.54) is 0 Å². The average Bonchev–Trinajstić information content (AvgIpc) is 3.32. The van der Waals surface area contributed by atoms with Crippen LogP contribution in [-0.4, -0.2) is 48.6 Å². The standard InChI is InChI=1S/C24H24ClN5O3/c25-19-5-2-1-4-18(19)23(16-7-8-20-21(14-16)33-13-12-32-20)28-24(31)27-17-9-11-30(15-17)22-6-3-10-26-29-22/h1-8,10,14,17,23H,9,11-13,15H2,(H2,27,28,31). The zero-order valence-electron chi connectivity index (χ0n) is 17.9. The van der Waals surface area contributed by atoms with Gasteiger partial charge in [-0.05, 0) is 47.9 Å². The number of rotatable bonds is 5. The number of benzene rings is 2. The number of fused-ring (bicyclic) bond motifs is 1. The molecule has 0 aliphatic carbocycles. The second-order valence-corrected chi connectivity index (χ2v) is 8.40. The number of halogens is 1. The summed E-state index contributed by atoms with van der Waals surface area (Å²) in [6.07, 6.45) is 2.47. The Morgan fingerprint density at radius 3 is 2.76 bits per heavy atom. The summed E-state index contributed by atoms with van der Waals surface area (Å²) in [4.78, 5) is 15.1. The number of nitrogens with zero attached hydrogens (tertiary/aromatic N) is 3. The molecule has 170 valence electrons. The molecular formula is C24H24ClN5O3. The number of hydrogen-bond acceptors (Lipinski definition) is 6. The molecule has 33 heavy (non-hydrogen) atoms. The van der Waals surface area contributed by atoms with Crippen molar-refractivity contribution in [2.24, 2.45) is 0 Å². The van der Waals surface area contributed by atoms with Gasteiger partial charge in [-0.15, -0.1) is 5.10 Å². The monoisotopic (exact) mass is 465 g/mol. The molecule has 1 saturated heterocycles. The third-order valence-electron chi connectivity index (χ3n) is 5.80. The molecule has 1 aromatic heterocycles.